The molecule has 0 aromatic heterocycles. The first-order valence-electron chi connectivity index (χ1n) is 12.6. The summed E-state index contributed by atoms with van der Waals surface area (Å²) in [5.74, 6) is 6.35. The van der Waals surface area contributed by atoms with E-state index >= 15 is 0 Å². The molecule has 2 rings (SSSR count). The van der Waals surface area contributed by atoms with Crippen LogP contribution in [0.25, 0.3) is 0 Å². The Morgan fingerprint density at radius 2 is 1.33 bits per heavy atom. The molecule has 0 bridgehead atoms. The van der Waals surface area contributed by atoms with Crippen LogP contribution in [-0.4, -0.2) is 31.4 Å². The van der Waals surface area contributed by atoms with Gasteiger partial charge in [-0.25, -0.2) is 0 Å². The minimum Gasteiger partial charge on any atom is -0.352 e. The third-order valence-electron chi connectivity index (χ3n) is 5.14. The number of carbonyl (C=O) groups is 2. The second kappa shape index (κ2) is 16.5. The highest BCUT2D eigenvalue weighted by molar-refractivity contribution is 6.00. The van der Waals surface area contributed by atoms with Crippen molar-refractivity contribution in [3.05, 3.63) is 69.8 Å². The fourth-order valence-corrected chi connectivity index (χ4v) is 3.18. The Morgan fingerprint density at radius 1 is 0.806 bits per heavy atom. The van der Waals surface area contributed by atoms with Crippen LogP contribution in [0.5, 0.6) is 0 Å². The zero-order valence-electron chi connectivity index (χ0n) is 22.4. The zero-order valence-corrected chi connectivity index (χ0v) is 22.4. The zero-order chi connectivity index (χ0) is 27.1. The number of rotatable bonds is 9. The van der Waals surface area contributed by atoms with Crippen molar-refractivity contribution >= 4 is 11.8 Å². The molecule has 0 unspecified atom stereocenters. The van der Waals surface area contributed by atoms with Crippen LogP contribution in [0.1, 0.15) is 89.9 Å². The summed E-state index contributed by atoms with van der Waals surface area (Å²) < 4.78 is 0. The minimum atomic E-state index is -0.256. The van der Waals surface area contributed by atoms with Crippen LogP contribution in [0.2, 0.25) is 0 Å². The van der Waals surface area contributed by atoms with Crippen LogP contribution in [0.3, 0.4) is 0 Å². The van der Waals surface area contributed by atoms with E-state index in [0.29, 0.717) is 55.3 Å². The Kier molecular flexibility index (Phi) is 14.1. The lowest BCUT2D eigenvalue weighted by molar-refractivity contribution is 0.0953. The average molecular weight is 494 g/mol. The van der Waals surface area contributed by atoms with E-state index in [1.165, 1.54) is 16.7 Å². The molecule has 2 amide bonds. The predicted octanol–water partition coefficient (Wildman–Crippen LogP) is 3.25. The fraction of sp³-hybridized carbons (Fsp3) is 0.448. The molecule has 0 radical (unpaired) electrons. The van der Waals surface area contributed by atoms with E-state index in [4.69, 9.17) is 17.2 Å². The van der Waals surface area contributed by atoms with E-state index in [-0.39, 0.29) is 17.7 Å². The molecule has 0 heterocycles. The molecule has 0 spiro atoms. The predicted molar refractivity (Wildman–Crippen MR) is 148 cm³/mol. The number of hydrogen-bond donors (Lipinski definition) is 5. The van der Waals surface area contributed by atoms with Crippen LogP contribution in [-0.2, 0) is 13.1 Å². The lowest BCUT2D eigenvalue weighted by Gasteiger charge is -2.10. The largest absolute Gasteiger partial charge is 0.352 e. The molecule has 36 heavy (non-hydrogen) atoms. The maximum atomic E-state index is 12.2. The molecular formula is C29H43N5O2. The molecule has 7 nitrogen and oxygen atoms in total. The van der Waals surface area contributed by atoms with Crippen molar-refractivity contribution in [1.82, 2.24) is 10.6 Å². The monoisotopic (exact) mass is 493 g/mol. The Bertz CT molecular complexity index is 991. The second-order valence-electron chi connectivity index (χ2n) is 9.17. The fourth-order valence-electron chi connectivity index (χ4n) is 3.18. The Balaban J connectivity index is 0.000000420. The van der Waals surface area contributed by atoms with Gasteiger partial charge in [0.1, 0.15) is 0 Å². The second-order valence-corrected chi connectivity index (χ2v) is 9.17. The van der Waals surface area contributed by atoms with Gasteiger partial charge in [-0.1, -0.05) is 64.7 Å². The van der Waals surface area contributed by atoms with Crippen molar-refractivity contribution in [1.29, 1.82) is 0 Å². The van der Waals surface area contributed by atoms with Crippen LogP contribution >= 0.6 is 0 Å². The van der Waals surface area contributed by atoms with Gasteiger partial charge in [-0.05, 0) is 47.2 Å². The molecule has 0 aliphatic heterocycles. The highest BCUT2D eigenvalue weighted by Gasteiger charge is 2.12. The lowest BCUT2D eigenvalue weighted by Crippen LogP contribution is -2.29. The third-order valence-corrected chi connectivity index (χ3v) is 5.14. The summed E-state index contributed by atoms with van der Waals surface area (Å²) in [5.41, 5.74) is 21.8. The van der Waals surface area contributed by atoms with Crippen molar-refractivity contribution in [2.45, 2.75) is 60.0 Å². The van der Waals surface area contributed by atoms with Gasteiger partial charge in [0.2, 0.25) is 0 Å². The highest BCUT2D eigenvalue weighted by Crippen LogP contribution is 2.18. The van der Waals surface area contributed by atoms with E-state index < -0.39 is 0 Å². The number of carbonyl (C=O) groups excluding carboxylic acids is 2. The topological polar surface area (TPSA) is 136 Å². The molecule has 0 atom stereocenters. The summed E-state index contributed by atoms with van der Waals surface area (Å²) in [6, 6.07) is 11.4. The molecule has 2 aromatic rings. The molecule has 0 saturated carbocycles. The van der Waals surface area contributed by atoms with Crippen molar-refractivity contribution in [2.75, 3.05) is 19.6 Å². The summed E-state index contributed by atoms with van der Waals surface area (Å²) >= 11 is 0. The van der Waals surface area contributed by atoms with Crippen molar-refractivity contribution < 1.29 is 9.59 Å². The van der Waals surface area contributed by atoms with Gasteiger partial charge in [0.05, 0.1) is 0 Å². The molecule has 0 fully saturated rings. The lowest BCUT2D eigenvalue weighted by atomic mass is 9.98. The van der Waals surface area contributed by atoms with Gasteiger partial charge in [0, 0.05) is 55.3 Å². The van der Waals surface area contributed by atoms with E-state index in [0.717, 1.165) is 6.42 Å². The number of nitrogens with one attached hydrogen (secondary N) is 2. The molecule has 0 aliphatic rings. The summed E-state index contributed by atoms with van der Waals surface area (Å²) in [6.45, 7) is 12.8. The van der Waals surface area contributed by atoms with E-state index in [1.807, 2.05) is 20.8 Å². The number of amides is 2. The Morgan fingerprint density at radius 3 is 1.75 bits per heavy atom. The molecule has 0 aliphatic carbocycles. The smallest absolute Gasteiger partial charge is 0.251 e. The summed E-state index contributed by atoms with van der Waals surface area (Å²) in [4.78, 5) is 24.3. The van der Waals surface area contributed by atoms with Crippen molar-refractivity contribution in [2.24, 2.45) is 23.1 Å². The standard InChI is InChI=1S/C18H25N3O2.C11H18N2/c1-4-8-20-17(22)15-10-14(6-5-13(2)3)11-16(12-15)18(23)21-9-7-19;1-8(2)11-4-9(6-12)3-10(5-11)7-13/h10-13H,4,7-9,19H2,1-3H3,(H,20,22)(H,21,23);3-5,8H,6-7,12-13H2,1-2H3. The summed E-state index contributed by atoms with van der Waals surface area (Å²) in [6.07, 6.45) is 0.850. The summed E-state index contributed by atoms with van der Waals surface area (Å²) in [7, 11) is 0. The maximum Gasteiger partial charge on any atom is 0.251 e. The Labute approximate surface area is 216 Å². The number of nitrogens with two attached hydrogens (primary N) is 3. The maximum absolute atomic E-state index is 12.2. The van der Waals surface area contributed by atoms with Gasteiger partial charge >= 0.3 is 0 Å². The van der Waals surface area contributed by atoms with Gasteiger partial charge in [0.15, 0.2) is 0 Å². The first-order chi connectivity index (χ1) is 17.1. The molecule has 8 N–H and O–H groups in total. The normalized spacial score (nSPS) is 10.3. The molecule has 0 saturated heterocycles. The number of benzene rings is 2. The van der Waals surface area contributed by atoms with Crippen LogP contribution in [0.15, 0.2) is 36.4 Å². The van der Waals surface area contributed by atoms with Gasteiger partial charge in [-0.2, -0.15) is 0 Å². The van der Waals surface area contributed by atoms with Crippen molar-refractivity contribution in [3.8, 4) is 11.8 Å². The van der Waals surface area contributed by atoms with Crippen LogP contribution < -0.4 is 27.8 Å². The number of hydrogen-bond acceptors (Lipinski definition) is 5. The Hall–Kier alpha value is -3.18. The molecule has 196 valence electrons. The van der Waals surface area contributed by atoms with Gasteiger partial charge < -0.3 is 27.8 Å². The van der Waals surface area contributed by atoms with Gasteiger partial charge in [0.25, 0.3) is 11.8 Å². The third kappa shape index (κ3) is 11.0. The minimum absolute atomic E-state index is 0.201. The molecule has 7 heteroatoms. The summed E-state index contributed by atoms with van der Waals surface area (Å²) in [5, 5.41) is 5.52. The van der Waals surface area contributed by atoms with E-state index in [2.05, 4.69) is 54.5 Å². The first-order valence-corrected chi connectivity index (χ1v) is 12.6. The van der Waals surface area contributed by atoms with Gasteiger partial charge in [-0.3, -0.25) is 9.59 Å². The van der Waals surface area contributed by atoms with E-state index in [9.17, 15) is 9.59 Å². The molecule has 2 aromatic carbocycles. The molecular weight excluding hydrogens is 450 g/mol. The van der Waals surface area contributed by atoms with E-state index in [1.54, 1.807) is 18.2 Å². The SMILES string of the molecule is CC(C)c1cc(CN)cc(CN)c1.CCCNC(=O)c1cc(C#CC(C)C)cc(C(=O)NCCN)c1. The quantitative estimate of drug-likeness (QED) is 0.342. The average Bonchev–Trinajstić information content (AvgIpc) is 2.88. The first kappa shape index (κ1) is 30.9. The van der Waals surface area contributed by atoms with Crippen LogP contribution in [0.4, 0.5) is 0 Å². The van der Waals surface area contributed by atoms with Crippen molar-refractivity contribution in [3.63, 3.8) is 0 Å². The van der Waals surface area contributed by atoms with Gasteiger partial charge in [-0.15, -0.1) is 0 Å². The highest BCUT2D eigenvalue weighted by atomic mass is 16.2. The van der Waals surface area contributed by atoms with Crippen LogP contribution in [0, 0.1) is 17.8 Å².